The van der Waals surface area contributed by atoms with Gasteiger partial charge in [-0.3, -0.25) is 0 Å². The number of hydrogen-bond acceptors (Lipinski definition) is 3. The molecule has 1 aromatic carbocycles. The molecular weight excluding hydrogens is 222 g/mol. The third-order valence-corrected chi connectivity index (χ3v) is 5.51. The molecule has 0 aliphatic rings. The first-order valence-corrected chi connectivity index (χ1v) is 7.01. The van der Waals surface area contributed by atoms with Crippen LogP contribution in [0.4, 0.5) is 0 Å². The van der Waals surface area contributed by atoms with Crippen molar-refractivity contribution in [3.8, 4) is 0 Å². The summed E-state index contributed by atoms with van der Waals surface area (Å²) in [6.07, 6.45) is 0. The van der Waals surface area contributed by atoms with Crippen LogP contribution in [0.2, 0.25) is 0 Å². The fourth-order valence-electron chi connectivity index (χ4n) is 1.58. The minimum Gasteiger partial charge on any atom is -0.323 e. The largest absolute Gasteiger partial charge is 0.323 e. The van der Waals surface area contributed by atoms with E-state index in [-0.39, 0.29) is 0 Å². The van der Waals surface area contributed by atoms with Crippen LogP contribution in [-0.2, 0) is 9.84 Å². The third-order valence-electron chi connectivity index (χ3n) is 2.87. The second kappa shape index (κ2) is 4.97. The lowest BCUT2D eigenvalue weighted by Gasteiger charge is -2.22. The molecular formula is C12H19NO2S. The summed E-state index contributed by atoms with van der Waals surface area (Å²) in [5, 5.41) is -0.952. The molecule has 0 aliphatic carbocycles. The summed E-state index contributed by atoms with van der Waals surface area (Å²) in [4.78, 5) is 0. The molecule has 2 N–H and O–H groups in total. The summed E-state index contributed by atoms with van der Waals surface area (Å²) in [5.41, 5.74) is 6.84. The molecule has 2 unspecified atom stereocenters. The van der Waals surface area contributed by atoms with Crippen LogP contribution in [0.5, 0.6) is 0 Å². The van der Waals surface area contributed by atoms with Crippen LogP contribution in [0.15, 0.2) is 30.3 Å². The second-order valence-electron chi connectivity index (χ2n) is 4.28. The smallest absolute Gasteiger partial charge is 0.157 e. The van der Waals surface area contributed by atoms with Crippen molar-refractivity contribution >= 4 is 9.84 Å². The Morgan fingerprint density at radius 3 is 2.00 bits per heavy atom. The van der Waals surface area contributed by atoms with Gasteiger partial charge in [0.25, 0.3) is 0 Å². The van der Waals surface area contributed by atoms with Gasteiger partial charge in [-0.15, -0.1) is 0 Å². The molecule has 1 rings (SSSR count). The number of hydrogen-bond donors (Lipinski definition) is 1. The van der Waals surface area contributed by atoms with Crippen molar-refractivity contribution in [2.24, 2.45) is 5.73 Å². The quantitative estimate of drug-likeness (QED) is 0.875. The van der Waals surface area contributed by atoms with Gasteiger partial charge in [-0.25, -0.2) is 8.42 Å². The first-order valence-electron chi connectivity index (χ1n) is 5.40. The molecule has 3 nitrogen and oxygen atoms in total. The first-order chi connectivity index (χ1) is 7.37. The highest BCUT2D eigenvalue weighted by molar-refractivity contribution is 7.92. The van der Waals surface area contributed by atoms with E-state index in [1.54, 1.807) is 20.8 Å². The maximum absolute atomic E-state index is 12.0. The second-order valence-corrected chi connectivity index (χ2v) is 7.14. The molecule has 1 aromatic rings. The molecule has 0 spiro atoms. The molecule has 0 saturated carbocycles. The lowest BCUT2D eigenvalue weighted by atomic mass is 10.1. The molecule has 16 heavy (non-hydrogen) atoms. The first kappa shape index (κ1) is 13.2. The van der Waals surface area contributed by atoms with Gasteiger partial charge in [0.2, 0.25) is 0 Å². The van der Waals surface area contributed by atoms with E-state index in [1.807, 2.05) is 30.3 Å². The number of sulfone groups is 1. The lowest BCUT2D eigenvalue weighted by molar-refractivity contribution is 0.556. The Morgan fingerprint density at radius 2 is 1.56 bits per heavy atom. The Kier molecular flexibility index (Phi) is 4.10. The molecule has 0 heterocycles. The van der Waals surface area contributed by atoms with Crippen LogP contribution < -0.4 is 5.73 Å². The van der Waals surface area contributed by atoms with E-state index < -0.39 is 26.4 Å². The average molecular weight is 241 g/mol. The van der Waals surface area contributed by atoms with Gasteiger partial charge in [0.15, 0.2) is 9.84 Å². The fourth-order valence-corrected chi connectivity index (χ4v) is 3.00. The van der Waals surface area contributed by atoms with E-state index >= 15 is 0 Å². The Bertz CT molecular complexity index is 426. The van der Waals surface area contributed by atoms with Crippen molar-refractivity contribution in [1.29, 1.82) is 0 Å². The van der Waals surface area contributed by atoms with E-state index in [0.29, 0.717) is 0 Å². The zero-order chi connectivity index (χ0) is 12.3. The third kappa shape index (κ3) is 2.62. The zero-order valence-corrected chi connectivity index (χ0v) is 10.7. The Balaban J connectivity index is 2.96. The fraction of sp³-hybridized carbons (Fsp3) is 0.500. The van der Waals surface area contributed by atoms with Crippen molar-refractivity contribution in [3.05, 3.63) is 35.9 Å². The maximum atomic E-state index is 12.0. The van der Waals surface area contributed by atoms with Gasteiger partial charge in [-0.1, -0.05) is 30.3 Å². The zero-order valence-electron chi connectivity index (χ0n) is 9.92. The van der Waals surface area contributed by atoms with E-state index in [9.17, 15) is 8.42 Å². The number of rotatable bonds is 4. The van der Waals surface area contributed by atoms with Crippen molar-refractivity contribution in [2.75, 3.05) is 0 Å². The highest BCUT2D eigenvalue weighted by Gasteiger charge is 2.30. The van der Waals surface area contributed by atoms with Gasteiger partial charge in [0.1, 0.15) is 0 Å². The predicted molar refractivity (Wildman–Crippen MR) is 66.9 cm³/mol. The molecule has 0 bridgehead atoms. The van der Waals surface area contributed by atoms with E-state index in [4.69, 9.17) is 5.73 Å². The average Bonchev–Trinajstić information content (AvgIpc) is 2.28. The summed E-state index contributed by atoms with van der Waals surface area (Å²) in [7, 11) is -3.15. The van der Waals surface area contributed by atoms with Gasteiger partial charge in [0.05, 0.1) is 10.5 Å². The van der Waals surface area contributed by atoms with Crippen molar-refractivity contribution in [3.63, 3.8) is 0 Å². The monoisotopic (exact) mass is 241 g/mol. The molecule has 90 valence electrons. The van der Waals surface area contributed by atoms with Crippen LogP contribution in [0.3, 0.4) is 0 Å². The van der Waals surface area contributed by atoms with Crippen molar-refractivity contribution in [1.82, 2.24) is 0 Å². The topological polar surface area (TPSA) is 60.2 Å². The molecule has 0 aliphatic heterocycles. The van der Waals surface area contributed by atoms with Gasteiger partial charge in [-0.05, 0) is 26.3 Å². The van der Waals surface area contributed by atoms with Crippen molar-refractivity contribution < 1.29 is 8.42 Å². The highest BCUT2D eigenvalue weighted by Crippen LogP contribution is 2.22. The molecule has 0 amide bonds. The minimum atomic E-state index is -3.15. The summed E-state index contributed by atoms with van der Waals surface area (Å²) in [6.45, 7) is 5.04. The normalized spacial score (nSPS) is 16.1. The number of nitrogens with two attached hydrogens (primary N) is 1. The van der Waals surface area contributed by atoms with Crippen LogP contribution in [0, 0.1) is 0 Å². The Hall–Kier alpha value is -0.870. The summed E-state index contributed by atoms with van der Waals surface area (Å²) < 4.78 is 23.9. The highest BCUT2D eigenvalue weighted by atomic mass is 32.2. The molecule has 4 heteroatoms. The predicted octanol–water partition coefficient (Wildman–Crippen LogP) is 1.90. The van der Waals surface area contributed by atoms with E-state index in [0.717, 1.165) is 5.56 Å². The van der Waals surface area contributed by atoms with Crippen LogP contribution in [0.1, 0.15) is 32.4 Å². The molecule has 0 aromatic heterocycles. The molecule has 0 fully saturated rings. The molecule has 0 saturated heterocycles. The van der Waals surface area contributed by atoms with Crippen molar-refractivity contribution in [2.45, 2.75) is 37.3 Å². The molecule has 2 atom stereocenters. The standard InChI is InChI=1S/C12H19NO2S/c1-9(2)16(14,15)10(3)12(13)11-7-5-4-6-8-11/h4-10,12H,13H2,1-3H3. The summed E-state index contributed by atoms with van der Waals surface area (Å²) >= 11 is 0. The van der Waals surface area contributed by atoms with Crippen LogP contribution in [0.25, 0.3) is 0 Å². The van der Waals surface area contributed by atoms with E-state index in [1.165, 1.54) is 0 Å². The Labute approximate surface area is 97.6 Å². The Morgan fingerprint density at radius 1 is 1.06 bits per heavy atom. The van der Waals surface area contributed by atoms with Crippen LogP contribution in [-0.4, -0.2) is 18.9 Å². The van der Waals surface area contributed by atoms with Gasteiger partial charge >= 0.3 is 0 Å². The van der Waals surface area contributed by atoms with Gasteiger partial charge in [-0.2, -0.15) is 0 Å². The van der Waals surface area contributed by atoms with Gasteiger partial charge < -0.3 is 5.73 Å². The SMILES string of the molecule is CC(C)S(=O)(=O)C(C)C(N)c1ccccc1. The van der Waals surface area contributed by atoms with E-state index in [2.05, 4.69) is 0 Å². The summed E-state index contributed by atoms with van der Waals surface area (Å²) in [6, 6.07) is 8.87. The maximum Gasteiger partial charge on any atom is 0.157 e. The lowest BCUT2D eigenvalue weighted by Crippen LogP contribution is -2.35. The minimum absolute atomic E-state index is 0.391. The van der Waals surface area contributed by atoms with Crippen LogP contribution >= 0.6 is 0 Å². The van der Waals surface area contributed by atoms with Gasteiger partial charge in [0, 0.05) is 6.04 Å². The molecule has 0 radical (unpaired) electrons. The summed E-state index contributed by atoms with van der Waals surface area (Å²) in [5.74, 6) is 0. The number of benzene rings is 1.